The highest BCUT2D eigenvalue weighted by atomic mass is 79.9. The molecule has 0 atom stereocenters. The molecule has 1 N–H and O–H groups in total. The van der Waals surface area contributed by atoms with Crippen molar-refractivity contribution >= 4 is 61.2 Å². The third kappa shape index (κ3) is 3.76. The van der Waals surface area contributed by atoms with Crippen LogP contribution in [0.3, 0.4) is 0 Å². The fourth-order valence-corrected chi connectivity index (χ4v) is 4.80. The summed E-state index contributed by atoms with van der Waals surface area (Å²) in [6, 6.07) is 24.0. The molecule has 0 bridgehead atoms. The molecular weight excluding hydrogens is 522 g/mol. The summed E-state index contributed by atoms with van der Waals surface area (Å²) in [5.41, 5.74) is 3.26. The van der Waals surface area contributed by atoms with Crippen molar-refractivity contribution in [1.29, 1.82) is 0 Å². The fourth-order valence-electron chi connectivity index (χ4n) is 4.44. The summed E-state index contributed by atoms with van der Waals surface area (Å²) >= 11 is 3.32. The molecule has 5 aromatic rings. The Morgan fingerprint density at radius 2 is 1.67 bits per heavy atom. The minimum atomic E-state index is -0.400. The van der Waals surface area contributed by atoms with Crippen molar-refractivity contribution in [1.82, 2.24) is 9.88 Å². The van der Waals surface area contributed by atoms with E-state index < -0.39 is 11.8 Å². The lowest BCUT2D eigenvalue weighted by atomic mass is 10.1. The van der Waals surface area contributed by atoms with Crippen LogP contribution >= 0.6 is 15.9 Å². The summed E-state index contributed by atoms with van der Waals surface area (Å²) in [5, 5.41) is 4.89. The lowest BCUT2D eigenvalue weighted by Gasteiger charge is -2.14. The molecule has 0 aliphatic carbocycles. The van der Waals surface area contributed by atoms with Crippen molar-refractivity contribution in [2.45, 2.75) is 6.42 Å². The molecule has 1 aliphatic heterocycles. The Labute approximate surface area is 213 Å². The molecule has 8 heteroatoms. The van der Waals surface area contributed by atoms with E-state index >= 15 is 0 Å². The molecular formula is C28H18BrN3O4. The summed E-state index contributed by atoms with van der Waals surface area (Å²) < 4.78 is 6.85. The standard InChI is InChI=1S/C28H18BrN3O4/c29-17-10-11-19-21(15-17)28(35)32(27(19)34)14-13-24(33)30-22-8-4-3-7-20(22)26-31-23-12-9-16-5-1-2-6-18(16)25(23)36-26/h1-12,15H,13-14H2,(H,30,33). The molecule has 7 nitrogen and oxygen atoms in total. The number of hydrogen-bond donors (Lipinski definition) is 1. The van der Waals surface area contributed by atoms with Crippen molar-refractivity contribution in [2.24, 2.45) is 0 Å². The van der Waals surface area contributed by atoms with Crippen LogP contribution in [0, 0.1) is 0 Å². The second-order valence-electron chi connectivity index (χ2n) is 8.45. The fraction of sp³-hybridized carbons (Fsp3) is 0.0714. The van der Waals surface area contributed by atoms with Crippen molar-refractivity contribution in [2.75, 3.05) is 11.9 Å². The van der Waals surface area contributed by atoms with Gasteiger partial charge < -0.3 is 9.73 Å². The van der Waals surface area contributed by atoms with Gasteiger partial charge in [-0.2, -0.15) is 0 Å². The largest absolute Gasteiger partial charge is 0.435 e. The zero-order chi connectivity index (χ0) is 24.8. The molecule has 0 radical (unpaired) electrons. The first-order valence-corrected chi connectivity index (χ1v) is 12.1. The molecule has 0 unspecified atom stereocenters. The lowest BCUT2D eigenvalue weighted by molar-refractivity contribution is -0.116. The smallest absolute Gasteiger partial charge is 0.261 e. The number of carbonyl (C=O) groups excluding carboxylic acids is 3. The van der Waals surface area contributed by atoms with Gasteiger partial charge >= 0.3 is 0 Å². The van der Waals surface area contributed by atoms with E-state index in [1.807, 2.05) is 48.5 Å². The number of nitrogens with zero attached hydrogens (tertiary/aromatic N) is 2. The van der Waals surface area contributed by atoms with E-state index in [0.29, 0.717) is 38.3 Å². The number of aromatic nitrogens is 1. The van der Waals surface area contributed by atoms with Crippen LogP contribution in [-0.4, -0.2) is 34.2 Å². The van der Waals surface area contributed by atoms with Gasteiger partial charge in [-0.05, 0) is 41.8 Å². The van der Waals surface area contributed by atoms with Crippen LogP contribution in [0.4, 0.5) is 5.69 Å². The average Bonchev–Trinajstić information content (AvgIpc) is 3.42. The normalized spacial score (nSPS) is 13.0. The minimum absolute atomic E-state index is 0.0210. The molecule has 4 aromatic carbocycles. The van der Waals surface area contributed by atoms with E-state index in [1.54, 1.807) is 30.3 Å². The van der Waals surface area contributed by atoms with Gasteiger partial charge in [0.25, 0.3) is 11.8 Å². The summed E-state index contributed by atoms with van der Waals surface area (Å²) in [6.07, 6.45) is -0.0425. The van der Waals surface area contributed by atoms with Gasteiger partial charge in [0.2, 0.25) is 11.8 Å². The number of benzene rings is 4. The topological polar surface area (TPSA) is 92.5 Å². The number of para-hydroxylation sites is 1. The Bertz CT molecular complexity index is 1710. The number of rotatable bonds is 5. The van der Waals surface area contributed by atoms with Gasteiger partial charge in [0.15, 0.2) is 5.58 Å². The van der Waals surface area contributed by atoms with Gasteiger partial charge in [0.05, 0.1) is 22.4 Å². The highest BCUT2D eigenvalue weighted by Gasteiger charge is 2.35. The summed E-state index contributed by atoms with van der Waals surface area (Å²) in [7, 11) is 0. The molecule has 176 valence electrons. The quantitative estimate of drug-likeness (QED) is 0.275. The number of anilines is 1. The van der Waals surface area contributed by atoms with E-state index in [1.165, 1.54) is 0 Å². The highest BCUT2D eigenvalue weighted by molar-refractivity contribution is 9.10. The Balaban J connectivity index is 1.22. The minimum Gasteiger partial charge on any atom is -0.435 e. The molecule has 36 heavy (non-hydrogen) atoms. The van der Waals surface area contributed by atoms with Crippen molar-refractivity contribution in [3.8, 4) is 11.5 Å². The zero-order valence-electron chi connectivity index (χ0n) is 18.8. The van der Waals surface area contributed by atoms with Crippen molar-refractivity contribution < 1.29 is 18.8 Å². The lowest BCUT2D eigenvalue weighted by Crippen LogP contribution is -2.32. The second-order valence-corrected chi connectivity index (χ2v) is 9.37. The van der Waals surface area contributed by atoms with Crippen LogP contribution in [0.2, 0.25) is 0 Å². The molecule has 0 saturated heterocycles. The second kappa shape index (κ2) is 8.73. The Morgan fingerprint density at radius 3 is 2.56 bits per heavy atom. The van der Waals surface area contributed by atoms with Gasteiger partial charge in [-0.3, -0.25) is 19.3 Å². The number of nitrogens with one attached hydrogen (secondary N) is 1. The molecule has 0 spiro atoms. The summed E-state index contributed by atoms with van der Waals surface area (Å²) in [5.74, 6) is -0.734. The highest BCUT2D eigenvalue weighted by Crippen LogP contribution is 2.33. The van der Waals surface area contributed by atoms with Gasteiger partial charge in [-0.25, -0.2) is 4.98 Å². The van der Waals surface area contributed by atoms with Crippen LogP contribution < -0.4 is 5.32 Å². The van der Waals surface area contributed by atoms with E-state index in [2.05, 4.69) is 26.2 Å². The first-order chi connectivity index (χ1) is 17.5. The van der Waals surface area contributed by atoms with Crippen molar-refractivity contribution in [3.63, 3.8) is 0 Å². The maximum absolute atomic E-state index is 12.8. The summed E-state index contributed by atoms with van der Waals surface area (Å²) in [4.78, 5) is 43.9. The van der Waals surface area contributed by atoms with Crippen molar-refractivity contribution in [3.05, 3.63) is 94.5 Å². The number of imide groups is 1. The number of hydrogen-bond acceptors (Lipinski definition) is 5. The predicted octanol–water partition coefficient (Wildman–Crippen LogP) is 6.04. The maximum Gasteiger partial charge on any atom is 0.261 e. The number of halogens is 1. The van der Waals surface area contributed by atoms with Crippen LogP contribution in [-0.2, 0) is 4.79 Å². The number of amides is 3. The van der Waals surface area contributed by atoms with Crippen LogP contribution in [0.15, 0.2) is 87.8 Å². The first kappa shape index (κ1) is 22.2. The third-order valence-corrected chi connectivity index (χ3v) is 6.70. The SMILES string of the molecule is O=C(CCN1C(=O)c2ccc(Br)cc2C1=O)Nc1ccccc1-c1nc2ccc3ccccc3c2o1. The van der Waals surface area contributed by atoms with Gasteiger partial charge in [0.1, 0.15) is 5.52 Å². The Kier molecular flexibility index (Phi) is 5.38. The van der Waals surface area contributed by atoms with Crippen LogP contribution in [0.25, 0.3) is 33.3 Å². The Hall–Kier alpha value is -4.30. The van der Waals surface area contributed by atoms with Crippen LogP contribution in [0.1, 0.15) is 27.1 Å². The van der Waals surface area contributed by atoms with E-state index in [4.69, 9.17) is 4.42 Å². The van der Waals surface area contributed by atoms with Gasteiger partial charge in [0, 0.05) is 22.8 Å². The summed E-state index contributed by atoms with van der Waals surface area (Å²) in [6.45, 7) is -0.0210. The molecule has 6 rings (SSSR count). The third-order valence-electron chi connectivity index (χ3n) is 6.21. The van der Waals surface area contributed by atoms with Gasteiger partial charge in [-0.15, -0.1) is 0 Å². The molecule has 2 heterocycles. The number of fused-ring (bicyclic) bond motifs is 4. The average molecular weight is 540 g/mol. The maximum atomic E-state index is 12.8. The van der Waals surface area contributed by atoms with Crippen LogP contribution in [0.5, 0.6) is 0 Å². The zero-order valence-corrected chi connectivity index (χ0v) is 20.4. The Morgan fingerprint density at radius 1 is 0.889 bits per heavy atom. The monoisotopic (exact) mass is 539 g/mol. The molecule has 1 aliphatic rings. The molecule has 3 amide bonds. The van der Waals surface area contributed by atoms with E-state index in [9.17, 15) is 14.4 Å². The number of carbonyl (C=O) groups is 3. The van der Waals surface area contributed by atoms with Gasteiger partial charge in [-0.1, -0.05) is 58.4 Å². The molecule has 1 aromatic heterocycles. The predicted molar refractivity (Wildman–Crippen MR) is 140 cm³/mol. The molecule has 0 fully saturated rings. The number of oxazole rings is 1. The molecule has 0 saturated carbocycles. The first-order valence-electron chi connectivity index (χ1n) is 11.3. The van der Waals surface area contributed by atoms with E-state index in [-0.39, 0.29) is 18.9 Å². The van der Waals surface area contributed by atoms with E-state index in [0.717, 1.165) is 21.2 Å².